The SMILES string of the molecule is CCC(Sc1cccc(NC(=O)c2cccc(OC)c2)c1)C(=O)Nc1sc2c(c1C(=O)OC)CCC(C)C2. The Morgan fingerprint density at radius 1 is 1.11 bits per heavy atom. The molecule has 2 amide bonds. The first kappa shape index (κ1) is 27.7. The quantitative estimate of drug-likeness (QED) is 0.235. The zero-order valence-electron chi connectivity index (χ0n) is 22.0. The highest BCUT2D eigenvalue weighted by molar-refractivity contribution is 8.00. The highest BCUT2D eigenvalue weighted by Crippen LogP contribution is 2.40. The number of thioether (sulfide) groups is 1. The number of methoxy groups -OCH3 is 2. The summed E-state index contributed by atoms with van der Waals surface area (Å²) in [7, 11) is 2.93. The Hall–Kier alpha value is -3.30. The molecule has 9 heteroatoms. The molecule has 200 valence electrons. The molecule has 3 aromatic rings. The number of benzene rings is 2. The summed E-state index contributed by atoms with van der Waals surface area (Å²) in [6, 6.07) is 14.4. The van der Waals surface area contributed by atoms with Gasteiger partial charge in [0.15, 0.2) is 0 Å². The summed E-state index contributed by atoms with van der Waals surface area (Å²) >= 11 is 2.90. The van der Waals surface area contributed by atoms with Crippen LogP contribution in [0.15, 0.2) is 53.4 Å². The van der Waals surface area contributed by atoms with E-state index in [0.717, 1.165) is 34.6 Å². The van der Waals surface area contributed by atoms with Gasteiger partial charge in [-0.25, -0.2) is 4.79 Å². The second-order valence-electron chi connectivity index (χ2n) is 9.27. The molecular weight excluding hydrogens is 520 g/mol. The van der Waals surface area contributed by atoms with Gasteiger partial charge in [-0.05, 0) is 73.6 Å². The highest BCUT2D eigenvalue weighted by atomic mass is 32.2. The van der Waals surface area contributed by atoms with Crippen LogP contribution in [0.3, 0.4) is 0 Å². The van der Waals surface area contributed by atoms with Gasteiger partial charge in [0.1, 0.15) is 10.8 Å². The number of ether oxygens (including phenoxy) is 2. The Morgan fingerprint density at radius 3 is 2.63 bits per heavy atom. The average Bonchev–Trinajstić information content (AvgIpc) is 3.27. The number of amides is 2. The molecule has 0 saturated heterocycles. The third-order valence-electron chi connectivity index (χ3n) is 6.50. The molecule has 7 nitrogen and oxygen atoms in total. The number of nitrogens with one attached hydrogen (secondary N) is 2. The average molecular weight is 553 g/mol. The van der Waals surface area contributed by atoms with Crippen molar-refractivity contribution in [1.82, 2.24) is 0 Å². The number of anilines is 2. The largest absolute Gasteiger partial charge is 0.497 e. The summed E-state index contributed by atoms with van der Waals surface area (Å²) in [6.07, 6.45) is 3.32. The van der Waals surface area contributed by atoms with Crippen molar-refractivity contribution in [2.24, 2.45) is 5.92 Å². The fourth-order valence-corrected chi connectivity index (χ4v) is 6.87. The van der Waals surface area contributed by atoms with E-state index in [2.05, 4.69) is 17.6 Å². The molecule has 1 heterocycles. The molecule has 0 bridgehead atoms. The van der Waals surface area contributed by atoms with Crippen LogP contribution in [0.1, 0.15) is 57.8 Å². The number of rotatable bonds is 9. The Balaban J connectivity index is 1.47. The van der Waals surface area contributed by atoms with Gasteiger partial charge in [-0.3, -0.25) is 9.59 Å². The van der Waals surface area contributed by atoms with Gasteiger partial charge in [-0.1, -0.05) is 26.0 Å². The number of fused-ring (bicyclic) bond motifs is 1. The van der Waals surface area contributed by atoms with Gasteiger partial charge in [-0.15, -0.1) is 23.1 Å². The van der Waals surface area contributed by atoms with Crippen molar-refractivity contribution in [3.63, 3.8) is 0 Å². The minimum Gasteiger partial charge on any atom is -0.497 e. The summed E-state index contributed by atoms with van der Waals surface area (Å²) < 4.78 is 10.3. The van der Waals surface area contributed by atoms with E-state index in [4.69, 9.17) is 9.47 Å². The summed E-state index contributed by atoms with van der Waals surface area (Å²) in [6.45, 7) is 4.16. The maximum absolute atomic E-state index is 13.3. The molecule has 2 atom stereocenters. The van der Waals surface area contributed by atoms with Crippen LogP contribution < -0.4 is 15.4 Å². The van der Waals surface area contributed by atoms with E-state index in [9.17, 15) is 14.4 Å². The number of carbonyl (C=O) groups excluding carboxylic acids is 3. The molecule has 0 saturated carbocycles. The zero-order chi connectivity index (χ0) is 27.2. The van der Waals surface area contributed by atoms with E-state index >= 15 is 0 Å². The first-order chi connectivity index (χ1) is 18.3. The number of hydrogen-bond donors (Lipinski definition) is 2. The van der Waals surface area contributed by atoms with E-state index < -0.39 is 5.97 Å². The molecule has 1 aliphatic rings. The normalized spacial score (nSPS) is 15.2. The maximum Gasteiger partial charge on any atom is 0.341 e. The minimum absolute atomic E-state index is 0.167. The fraction of sp³-hybridized carbons (Fsp3) is 0.345. The van der Waals surface area contributed by atoms with Gasteiger partial charge < -0.3 is 20.1 Å². The predicted molar refractivity (Wildman–Crippen MR) is 153 cm³/mol. The molecule has 4 rings (SSSR count). The van der Waals surface area contributed by atoms with Crippen LogP contribution in [0.4, 0.5) is 10.7 Å². The number of hydrogen-bond acceptors (Lipinski definition) is 7. The lowest BCUT2D eigenvalue weighted by Crippen LogP contribution is -2.25. The zero-order valence-corrected chi connectivity index (χ0v) is 23.6. The van der Waals surface area contributed by atoms with Gasteiger partial charge in [-0.2, -0.15) is 0 Å². The molecule has 0 aliphatic heterocycles. The van der Waals surface area contributed by atoms with Crippen molar-refractivity contribution in [2.75, 3.05) is 24.9 Å². The van der Waals surface area contributed by atoms with Crippen LogP contribution in [0.5, 0.6) is 5.75 Å². The topological polar surface area (TPSA) is 93.7 Å². The Bertz CT molecular complexity index is 1340. The van der Waals surface area contributed by atoms with Crippen LogP contribution >= 0.6 is 23.1 Å². The number of carbonyl (C=O) groups is 3. The molecule has 1 aromatic heterocycles. The molecular formula is C29H32N2O5S2. The van der Waals surface area contributed by atoms with Crippen molar-refractivity contribution in [3.8, 4) is 5.75 Å². The number of thiophene rings is 1. The van der Waals surface area contributed by atoms with Crippen LogP contribution in [0, 0.1) is 5.92 Å². The lowest BCUT2D eigenvalue weighted by Gasteiger charge is -2.18. The predicted octanol–water partition coefficient (Wildman–Crippen LogP) is 6.43. The third kappa shape index (κ3) is 6.39. The Morgan fingerprint density at radius 2 is 1.89 bits per heavy atom. The lowest BCUT2D eigenvalue weighted by molar-refractivity contribution is -0.115. The van der Waals surface area contributed by atoms with Crippen molar-refractivity contribution >= 4 is 51.6 Å². The van der Waals surface area contributed by atoms with Gasteiger partial charge in [0.05, 0.1) is 25.0 Å². The lowest BCUT2D eigenvalue weighted by atomic mass is 9.88. The van der Waals surface area contributed by atoms with E-state index in [1.165, 1.54) is 30.2 Å². The summed E-state index contributed by atoms with van der Waals surface area (Å²) in [5.74, 6) is 0.329. The first-order valence-electron chi connectivity index (χ1n) is 12.6. The van der Waals surface area contributed by atoms with Crippen molar-refractivity contribution in [1.29, 1.82) is 0 Å². The summed E-state index contributed by atoms with van der Waals surface area (Å²) in [5, 5.41) is 6.12. The Labute approximate surface area is 231 Å². The fourth-order valence-electron chi connectivity index (χ4n) is 4.45. The Kier molecular flexibility index (Phi) is 9.12. The van der Waals surface area contributed by atoms with Crippen molar-refractivity contribution in [3.05, 3.63) is 70.1 Å². The highest BCUT2D eigenvalue weighted by Gasteiger charge is 2.30. The van der Waals surface area contributed by atoms with E-state index in [1.807, 2.05) is 31.2 Å². The van der Waals surface area contributed by atoms with Gasteiger partial charge in [0, 0.05) is 21.0 Å². The molecule has 0 fully saturated rings. The summed E-state index contributed by atoms with van der Waals surface area (Å²) in [4.78, 5) is 40.7. The van der Waals surface area contributed by atoms with Crippen LogP contribution in [-0.4, -0.2) is 37.3 Å². The second kappa shape index (κ2) is 12.5. The van der Waals surface area contributed by atoms with E-state index in [1.54, 1.807) is 31.4 Å². The monoisotopic (exact) mass is 552 g/mol. The standard InChI is InChI=1S/C29H32N2O5S2/c1-5-23(27(33)31-28-25(29(34)36-4)22-13-12-17(2)14-24(22)38-28)37-21-11-7-9-19(16-21)30-26(32)18-8-6-10-20(15-18)35-3/h6-11,15-17,23H,5,12-14H2,1-4H3,(H,30,32)(H,31,33). The van der Waals surface area contributed by atoms with Crippen LogP contribution in [0.25, 0.3) is 0 Å². The molecule has 0 radical (unpaired) electrons. The van der Waals surface area contributed by atoms with Gasteiger partial charge >= 0.3 is 5.97 Å². The van der Waals surface area contributed by atoms with E-state index in [0.29, 0.717) is 39.9 Å². The smallest absolute Gasteiger partial charge is 0.341 e. The minimum atomic E-state index is -0.410. The van der Waals surface area contributed by atoms with E-state index in [-0.39, 0.29) is 17.1 Å². The first-order valence-corrected chi connectivity index (χ1v) is 14.3. The summed E-state index contributed by atoms with van der Waals surface area (Å²) in [5.41, 5.74) is 2.62. The second-order valence-corrected chi connectivity index (χ2v) is 11.6. The maximum atomic E-state index is 13.3. The van der Waals surface area contributed by atoms with Gasteiger partial charge in [0.25, 0.3) is 5.91 Å². The molecule has 1 aliphatic carbocycles. The molecule has 2 unspecified atom stereocenters. The van der Waals surface area contributed by atoms with Crippen molar-refractivity contribution < 1.29 is 23.9 Å². The van der Waals surface area contributed by atoms with Gasteiger partial charge in [0.2, 0.25) is 5.91 Å². The third-order valence-corrected chi connectivity index (χ3v) is 9.03. The molecule has 38 heavy (non-hydrogen) atoms. The molecule has 2 aromatic carbocycles. The number of esters is 1. The molecule has 0 spiro atoms. The molecule has 2 N–H and O–H groups in total. The van der Waals surface area contributed by atoms with Crippen LogP contribution in [0.2, 0.25) is 0 Å². The van der Waals surface area contributed by atoms with Crippen LogP contribution in [-0.2, 0) is 22.4 Å². The van der Waals surface area contributed by atoms with Crippen molar-refractivity contribution in [2.45, 2.75) is 49.7 Å².